The first kappa shape index (κ1) is 30.2. The van der Waals surface area contributed by atoms with E-state index in [1.165, 1.54) is 64.2 Å². The van der Waals surface area contributed by atoms with E-state index in [9.17, 15) is 13.0 Å². The molecule has 0 fully saturated rings. The third-order valence-electron chi connectivity index (χ3n) is 5.78. The molecule has 6 heteroatoms. The minimum Gasteiger partial charge on any atom is -0.380 e. The van der Waals surface area contributed by atoms with Crippen molar-refractivity contribution in [3.63, 3.8) is 0 Å². The average molecular weight is 469 g/mol. The van der Waals surface area contributed by atoms with Crippen molar-refractivity contribution in [1.82, 2.24) is 0 Å². The number of alkyl halides is 1. The quantitative estimate of drug-likeness (QED) is 0.0938. The molecule has 0 aliphatic rings. The Labute approximate surface area is 192 Å². The predicted molar refractivity (Wildman–Crippen MR) is 130 cm³/mol. The summed E-state index contributed by atoms with van der Waals surface area (Å²) in [5, 5.41) is -0.456. The first-order chi connectivity index (χ1) is 14.4. The van der Waals surface area contributed by atoms with Gasteiger partial charge >= 0.3 is 0 Å². The van der Waals surface area contributed by atoms with Crippen LogP contribution in [-0.2, 0) is 14.9 Å². The van der Waals surface area contributed by atoms with Crippen molar-refractivity contribution in [2.45, 2.75) is 140 Å². The lowest BCUT2D eigenvalue weighted by Crippen LogP contribution is -2.26. The highest BCUT2D eigenvalue weighted by Gasteiger charge is 2.22. The second-order valence-corrected chi connectivity index (χ2v) is 11.1. The number of ether oxygens (including phenoxy) is 1. The minimum atomic E-state index is -4.03. The van der Waals surface area contributed by atoms with Crippen LogP contribution in [0.25, 0.3) is 0 Å². The highest BCUT2D eigenvalue weighted by molar-refractivity contribution is 7.86. The molecular formula is C24H49ClO4S. The molecule has 4 nitrogen and oxygen atoms in total. The van der Waals surface area contributed by atoms with Gasteiger partial charge in [0.15, 0.2) is 0 Å². The van der Waals surface area contributed by atoms with Crippen molar-refractivity contribution in [3.8, 4) is 0 Å². The molecule has 0 aromatic heterocycles. The summed E-state index contributed by atoms with van der Waals surface area (Å²) in [7, 11) is -4.03. The first-order valence-corrected chi connectivity index (χ1v) is 14.5. The topological polar surface area (TPSA) is 63.6 Å². The third-order valence-corrected chi connectivity index (χ3v) is 7.43. The fourth-order valence-electron chi connectivity index (χ4n) is 3.72. The molecule has 0 bridgehead atoms. The van der Waals surface area contributed by atoms with Crippen LogP contribution in [0.1, 0.15) is 129 Å². The molecule has 0 spiro atoms. The lowest BCUT2D eigenvalue weighted by Gasteiger charge is -2.14. The number of rotatable bonds is 23. The van der Waals surface area contributed by atoms with E-state index < -0.39 is 15.4 Å². The second-order valence-electron chi connectivity index (χ2n) is 8.77. The van der Waals surface area contributed by atoms with Gasteiger partial charge in [-0.25, -0.2) is 0 Å². The highest BCUT2D eigenvalue weighted by Crippen LogP contribution is 2.18. The van der Waals surface area contributed by atoms with Crippen molar-refractivity contribution in [2.75, 3.05) is 13.2 Å². The number of hydrogen-bond acceptors (Lipinski definition) is 3. The Morgan fingerprint density at radius 2 is 1.13 bits per heavy atom. The molecule has 2 atom stereocenters. The molecule has 0 saturated carbocycles. The molecule has 1 N–H and O–H groups in total. The molecule has 2 unspecified atom stereocenters. The van der Waals surface area contributed by atoms with Crippen LogP contribution < -0.4 is 0 Å². The summed E-state index contributed by atoms with van der Waals surface area (Å²) >= 11 is 6.42. The van der Waals surface area contributed by atoms with E-state index in [2.05, 4.69) is 13.8 Å². The van der Waals surface area contributed by atoms with E-state index in [0.717, 1.165) is 44.9 Å². The van der Waals surface area contributed by atoms with Gasteiger partial charge in [0.05, 0.1) is 6.61 Å². The summed E-state index contributed by atoms with van der Waals surface area (Å²) < 4.78 is 38.0. The van der Waals surface area contributed by atoms with Crippen LogP contribution in [0.15, 0.2) is 0 Å². The maximum absolute atomic E-state index is 11.6. The van der Waals surface area contributed by atoms with E-state index in [4.69, 9.17) is 16.3 Å². The average Bonchev–Trinajstić information content (AvgIpc) is 2.69. The number of halogens is 1. The molecule has 0 saturated heterocycles. The van der Waals surface area contributed by atoms with Crippen LogP contribution in [0.3, 0.4) is 0 Å². The van der Waals surface area contributed by atoms with Gasteiger partial charge in [-0.1, -0.05) is 104 Å². The molecule has 0 aliphatic carbocycles. The smallest absolute Gasteiger partial charge is 0.270 e. The third kappa shape index (κ3) is 20.1. The molecule has 0 radical (unpaired) electrons. The van der Waals surface area contributed by atoms with Crippen molar-refractivity contribution in [1.29, 1.82) is 0 Å². The van der Waals surface area contributed by atoms with Gasteiger partial charge in [-0.2, -0.15) is 8.42 Å². The summed E-state index contributed by atoms with van der Waals surface area (Å²) in [4.78, 5) is 0. The molecule has 182 valence electrons. The van der Waals surface area contributed by atoms with Crippen molar-refractivity contribution in [2.24, 2.45) is 0 Å². The molecule has 0 rings (SSSR count). The standard InChI is InChI=1S/C24H49ClO4S/c1-3-5-7-11-14-18-23(25)19-15-12-9-10-13-16-20-24(30(26,27)28)22-29-21-17-8-6-4-2/h23-24H,3-22H2,1-2H3,(H,26,27,28). The van der Waals surface area contributed by atoms with Gasteiger partial charge in [0.2, 0.25) is 0 Å². The summed E-state index contributed by atoms with van der Waals surface area (Å²) in [6.07, 6.45) is 20.1. The molecule has 30 heavy (non-hydrogen) atoms. The zero-order valence-electron chi connectivity index (χ0n) is 19.8. The maximum atomic E-state index is 11.6. The van der Waals surface area contributed by atoms with Gasteiger partial charge in [-0.05, 0) is 25.7 Å². The Hall–Kier alpha value is 0.160. The Bertz CT molecular complexity index is 456. The van der Waals surface area contributed by atoms with Crippen LogP contribution >= 0.6 is 11.6 Å². The molecule has 0 heterocycles. The maximum Gasteiger partial charge on any atom is 0.270 e. The van der Waals surface area contributed by atoms with Gasteiger partial charge in [0.25, 0.3) is 10.1 Å². The Morgan fingerprint density at radius 3 is 1.63 bits per heavy atom. The zero-order chi connectivity index (χ0) is 22.5. The highest BCUT2D eigenvalue weighted by atomic mass is 35.5. The molecular weight excluding hydrogens is 420 g/mol. The fraction of sp³-hybridized carbons (Fsp3) is 1.00. The summed E-state index contributed by atoms with van der Waals surface area (Å²) in [6, 6.07) is 0. The summed E-state index contributed by atoms with van der Waals surface area (Å²) in [5.74, 6) is 0. The monoisotopic (exact) mass is 468 g/mol. The predicted octanol–water partition coefficient (Wildman–Crippen LogP) is 7.93. The Kier molecular flexibility index (Phi) is 21.1. The van der Waals surface area contributed by atoms with Crippen LogP contribution in [0.2, 0.25) is 0 Å². The zero-order valence-corrected chi connectivity index (χ0v) is 21.3. The van der Waals surface area contributed by atoms with Gasteiger partial charge in [0.1, 0.15) is 5.25 Å². The van der Waals surface area contributed by atoms with Gasteiger partial charge in [-0.3, -0.25) is 4.55 Å². The molecule has 0 aromatic rings. The number of unbranched alkanes of at least 4 members (excludes halogenated alkanes) is 12. The molecule has 0 aliphatic heterocycles. The minimum absolute atomic E-state index is 0.112. The van der Waals surface area contributed by atoms with E-state index in [1.54, 1.807) is 0 Å². The van der Waals surface area contributed by atoms with E-state index in [0.29, 0.717) is 18.4 Å². The summed E-state index contributed by atoms with van der Waals surface area (Å²) in [5.41, 5.74) is 0. The SMILES string of the molecule is CCCCCCCC(Cl)CCCCCCCCC(COCCCCCC)S(=O)(=O)O. The lowest BCUT2D eigenvalue weighted by atomic mass is 10.0. The van der Waals surface area contributed by atoms with E-state index >= 15 is 0 Å². The van der Waals surface area contributed by atoms with Crippen molar-refractivity contribution < 1.29 is 17.7 Å². The molecule has 0 aromatic carbocycles. The Morgan fingerprint density at radius 1 is 0.700 bits per heavy atom. The van der Waals surface area contributed by atoms with Crippen LogP contribution in [0.4, 0.5) is 0 Å². The van der Waals surface area contributed by atoms with Crippen LogP contribution in [-0.4, -0.2) is 36.8 Å². The van der Waals surface area contributed by atoms with E-state index in [-0.39, 0.29) is 6.61 Å². The Balaban J connectivity index is 3.65. The van der Waals surface area contributed by atoms with Crippen molar-refractivity contribution in [3.05, 3.63) is 0 Å². The second kappa shape index (κ2) is 21.0. The summed E-state index contributed by atoms with van der Waals surface area (Å²) in [6.45, 7) is 5.08. The number of hydrogen-bond donors (Lipinski definition) is 1. The van der Waals surface area contributed by atoms with Crippen molar-refractivity contribution >= 4 is 21.7 Å². The molecule has 0 amide bonds. The van der Waals surface area contributed by atoms with Gasteiger partial charge < -0.3 is 4.74 Å². The van der Waals surface area contributed by atoms with Crippen LogP contribution in [0.5, 0.6) is 0 Å². The van der Waals surface area contributed by atoms with Gasteiger partial charge in [0, 0.05) is 12.0 Å². The lowest BCUT2D eigenvalue weighted by molar-refractivity contribution is 0.125. The fourth-order valence-corrected chi connectivity index (χ4v) is 4.76. The van der Waals surface area contributed by atoms with Crippen LogP contribution in [0, 0.1) is 0 Å². The normalized spacial score (nSPS) is 14.1. The first-order valence-electron chi connectivity index (χ1n) is 12.6. The van der Waals surface area contributed by atoms with E-state index in [1.807, 2.05) is 0 Å². The largest absolute Gasteiger partial charge is 0.380 e. The van der Waals surface area contributed by atoms with Gasteiger partial charge in [-0.15, -0.1) is 11.6 Å².